The van der Waals surface area contributed by atoms with E-state index in [0.29, 0.717) is 26.1 Å². The number of rotatable bonds is 10. The Labute approximate surface area is 134 Å². The molecule has 0 aliphatic rings. The van der Waals surface area contributed by atoms with Crippen molar-refractivity contribution < 1.29 is 9.53 Å². The Hall–Kier alpha value is -1.75. The average molecular weight is 307 g/mol. The second kappa shape index (κ2) is 10.1. The van der Waals surface area contributed by atoms with Gasteiger partial charge >= 0.3 is 0 Å². The highest BCUT2D eigenvalue weighted by molar-refractivity contribution is 5.76. The number of amides is 1. The summed E-state index contributed by atoms with van der Waals surface area (Å²) in [4.78, 5) is 13.9. The lowest BCUT2D eigenvalue weighted by Crippen LogP contribution is -2.28. The van der Waals surface area contributed by atoms with Crippen LogP contribution in [-0.2, 0) is 9.53 Å². The molecule has 0 aliphatic carbocycles. The zero-order valence-electron chi connectivity index (χ0n) is 14.2. The Morgan fingerprint density at radius 3 is 2.55 bits per heavy atom. The maximum atomic E-state index is 11.6. The van der Waals surface area contributed by atoms with Crippen molar-refractivity contribution in [2.75, 3.05) is 50.1 Å². The smallest absolute Gasteiger partial charge is 0.221 e. The van der Waals surface area contributed by atoms with Gasteiger partial charge in [0.1, 0.15) is 0 Å². The third-order valence-electron chi connectivity index (χ3n) is 3.63. The molecular weight excluding hydrogens is 278 g/mol. The highest BCUT2D eigenvalue weighted by Crippen LogP contribution is 2.22. The Morgan fingerprint density at radius 1 is 1.23 bits per heavy atom. The zero-order valence-corrected chi connectivity index (χ0v) is 14.2. The largest absolute Gasteiger partial charge is 0.384 e. The van der Waals surface area contributed by atoms with Crippen LogP contribution in [0.5, 0.6) is 0 Å². The monoisotopic (exact) mass is 307 g/mol. The molecule has 0 radical (unpaired) electrons. The number of hydrogen-bond donors (Lipinski definition) is 2. The van der Waals surface area contributed by atoms with Crippen molar-refractivity contribution in [3.8, 4) is 0 Å². The lowest BCUT2D eigenvalue weighted by molar-refractivity contribution is -0.121. The third kappa shape index (κ3) is 5.93. The van der Waals surface area contributed by atoms with Crippen molar-refractivity contribution in [2.24, 2.45) is 0 Å². The number of carbonyl (C=O) groups is 1. The quantitative estimate of drug-likeness (QED) is 0.652. The van der Waals surface area contributed by atoms with Crippen LogP contribution in [0.2, 0.25) is 0 Å². The fraction of sp³-hybridized carbons (Fsp3) is 0.588. The van der Waals surface area contributed by atoms with Crippen LogP contribution in [0.25, 0.3) is 0 Å². The van der Waals surface area contributed by atoms with Gasteiger partial charge in [0.2, 0.25) is 5.91 Å². The summed E-state index contributed by atoms with van der Waals surface area (Å²) in [6.07, 6.45) is 0.459. The van der Waals surface area contributed by atoms with Crippen molar-refractivity contribution in [3.05, 3.63) is 23.8 Å². The van der Waals surface area contributed by atoms with Gasteiger partial charge < -0.3 is 20.3 Å². The minimum absolute atomic E-state index is 0.0435. The van der Waals surface area contributed by atoms with Crippen molar-refractivity contribution in [1.82, 2.24) is 5.32 Å². The van der Waals surface area contributed by atoms with Gasteiger partial charge in [-0.2, -0.15) is 0 Å². The molecule has 0 saturated carbocycles. The summed E-state index contributed by atoms with van der Waals surface area (Å²) >= 11 is 0. The van der Waals surface area contributed by atoms with E-state index in [0.717, 1.165) is 18.8 Å². The fourth-order valence-corrected chi connectivity index (χ4v) is 2.32. The molecule has 1 aromatic rings. The molecular formula is C17H29N3O2. The van der Waals surface area contributed by atoms with E-state index in [1.54, 1.807) is 7.11 Å². The Bertz CT molecular complexity index is 459. The van der Waals surface area contributed by atoms with Gasteiger partial charge in [-0.05, 0) is 44.5 Å². The number of methoxy groups -OCH3 is 1. The topological polar surface area (TPSA) is 53.6 Å². The van der Waals surface area contributed by atoms with Crippen LogP contribution >= 0.6 is 0 Å². The van der Waals surface area contributed by atoms with Crippen LogP contribution in [0.3, 0.4) is 0 Å². The minimum atomic E-state index is 0.0435. The second-order valence-electron chi connectivity index (χ2n) is 5.19. The highest BCUT2D eigenvalue weighted by atomic mass is 16.5. The van der Waals surface area contributed by atoms with Gasteiger partial charge in [-0.3, -0.25) is 4.79 Å². The maximum absolute atomic E-state index is 11.6. The Kier molecular flexibility index (Phi) is 8.36. The first-order chi connectivity index (χ1) is 10.6. The van der Waals surface area contributed by atoms with Crippen LogP contribution in [0, 0.1) is 6.92 Å². The normalized spacial score (nSPS) is 10.4. The first-order valence-corrected chi connectivity index (χ1v) is 7.97. The van der Waals surface area contributed by atoms with Gasteiger partial charge in [0.25, 0.3) is 0 Å². The second-order valence-corrected chi connectivity index (χ2v) is 5.19. The standard InChI is InChI=1S/C17H29N3O2/c1-5-20(6-2)15-7-8-16(14(3)13-15)18-10-9-17(21)19-11-12-22-4/h7-8,13,18H,5-6,9-12H2,1-4H3,(H,19,21). The van der Waals surface area contributed by atoms with Crippen LogP contribution in [0.1, 0.15) is 25.8 Å². The summed E-state index contributed by atoms with van der Waals surface area (Å²) in [6.45, 7) is 10.2. The number of benzene rings is 1. The van der Waals surface area contributed by atoms with E-state index in [1.165, 1.54) is 11.3 Å². The lowest BCUT2D eigenvalue weighted by Gasteiger charge is -2.22. The summed E-state index contributed by atoms with van der Waals surface area (Å²) in [7, 11) is 1.62. The summed E-state index contributed by atoms with van der Waals surface area (Å²) in [5.74, 6) is 0.0435. The molecule has 0 bridgehead atoms. The van der Waals surface area contributed by atoms with Crippen LogP contribution in [0.15, 0.2) is 18.2 Å². The number of carbonyl (C=O) groups excluding carboxylic acids is 1. The summed E-state index contributed by atoms with van der Waals surface area (Å²) in [5, 5.41) is 6.14. The Morgan fingerprint density at radius 2 is 1.95 bits per heavy atom. The Balaban J connectivity index is 2.45. The van der Waals surface area contributed by atoms with Gasteiger partial charge in [0.15, 0.2) is 0 Å². The zero-order chi connectivity index (χ0) is 16.4. The molecule has 0 unspecified atom stereocenters. The maximum Gasteiger partial charge on any atom is 0.221 e. The van der Waals surface area contributed by atoms with Crippen LogP contribution < -0.4 is 15.5 Å². The van der Waals surface area contributed by atoms with Crippen LogP contribution in [-0.4, -0.2) is 45.8 Å². The fourth-order valence-electron chi connectivity index (χ4n) is 2.32. The molecule has 124 valence electrons. The third-order valence-corrected chi connectivity index (χ3v) is 3.63. The SMILES string of the molecule is CCN(CC)c1ccc(NCCC(=O)NCCOC)c(C)c1. The highest BCUT2D eigenvalue weighted by Gasteiger charge is 2.05. The number of anilines is 2. The number of aryl methyl sites for hydroxylation is 1. The first-order valence-electron chi connectivity index (χ1n) is 7.97. The molecule has 0 saturated heterocycles. The molecule has 0 aromatic heterocycles. The molecule has 1 rings (SSSR count). The van der Waals surface area contributed by atoms with Gasteiger partial charge in [0, 0.05) is 51.1 Å². The molecule has 22 heavy (non-hydrogen) atoms. The number of hydrogen-bond acceptors (Lipinski definition) is 4. The van der Waals surface area contributed by atoms with Crippen molar-refractivity contribution >= 4 is 17.3 Å². The van der Waals surface area contributed by atoms with Gasteiger partial charge in [-0.15, -0.1) is 0 Å². The summed E-state index contributed by atoms with van der Waals surface area (Å²) < 4.78 is 4.90. The van der Waals surface area contributed by atoms with Gasteiger partial charge in [-0.1, -0.05) is 0 Å². The number of ether oxygens (including phenoxy) is 1. The molecule has 0 aliphatic heterocycles. The predicted molar refractivity (Wildman–Crippen MR) is 92.7 cm³/mol. The van der Waals surface area contributed by atoms with E-state index in [1.807, 2.05) is 0 Å². The molecule has 0 atom stereocenters. The molecule has 5 nitrogen and oxygen atoms in total. The van der Waals surface area contributed by atoms with Crippen molar-refractivity contribution in [2.45, 2.75) is 27.2 Å². The lowest BCUT2D eigenvalue weighted by atomic mass is 10.1. The molecule has 2 N–H and O–H groups in total. The number of nitrogens with zero attached hydrogens (tertiary/aromatic N) is 1. The minimum Gasteiger partial charge on any atom is -0.384 e. The molecule has 0 fully saturated rings. The van der Waals surface area contributed by atoms with E-state index in [2.05, 4.69) is 54.5 Å². The first kappa shape index (κ1) is 18.3. The van der Waals surface area contributed by atoms with Gasteiger partial charge in [-0.25, -0.2) is 0 Å². The van der Waals surface area contributed by atoms with E-state index in [4.69, 9.17) is 4.74 Å². The molecule has 1 aromatic carbocycles. The van der Waals surface area contributed by atoms with E-state index in [9.17, 15) is 4.79 Å². The predicted octanol–water partition coefficient (Wildman–Crippen LogP) is 2.41. The summed E-state index contributed by atoms with van der Waals surface area (Å²) in [6, 6.07) is 6.40. The van der Waals surface area contributed by atoms with Crippen molar-refractivity contribution in [3.63, 3.8) is 0 Å². The molecule has 0 spiro atoms. The molecule has 1 amide bonds. The molecule has 0 heterocycles. The van der Waals surface area contributed by atoms with Gasteiger partial charge in [0.05, 0.1) is 6.61 Å². The van der Waals surface area contributed by atoms with E-state index < -0.39 is 0 Å². The van der Waals surface area contributed by atoms with Crippen LogP contribution in [0.4, 0.5) is 11.4 Å². The summed E-state index contributed by atoms with van der Waals surface area (Å²) in [5.41, 5.74) is 3.52. The molecule has 5 heteroatoms. The van der Waals surface area contributed by atoms with E-state index >= 15 is 0 Å². The number of nitrogens with one attached hydrogen (secondary N) is 2. The van der Waals surface area contributed by atoms with E-state index in [-0.39, 0.29) is 5.91 Å². The average Bonchev–Trinajstić information content (AvgIpc) is 2.51. The van der Waals surface area contributed by atoms with Crippen molar-refractivity contribution in [1.29, 1.82) is 0 Å².